The van der Waals surface area contributed by atoms with Crippen LogP contribution in [-0.4, -0.2) is 29.5 Å². The van der Waals surface area contributed by atoms with E-state index in [0.29, 0.717) is 0 Å². The fraction of sp³-hybridized carbons (Fsp3) is 0.750. The summed E-state index contributed by atoms with van der Waals surface area (Å²) < 4.78 is 0. The first kappa shape index (κ1) is 8.67. The molecule has 0 aromatic carbocycles. The molecule has 10 heavy (non-hydrogen) atoms. The highest BCUT2D eigenvalue weighted by molar-refractivity contribution is 5.73. The number of carbonyl (C=O) groups excluding carboxylic acids is 1. The van der Waals surface area contributed by atoms with E-state index in [4.69, 9.17) is 5.73 Å². The average molecular weight is 147 g/mol. The van der Waals surface area contributed by atoms with Crippen molar-refractivity contribution in [2.75, 3.05) is 13.6 Å². The monoisotopic (exact) mass is 147 g/mol. The third-order valence-corrected chi connectivity index (χ3v) is 0.961. The number of nitrogens with two attached hydrogens (primary N) is 1. The molecule has 0 heterocycles. The van der Waals surface area contributed by atoms with Gasteiger partial charge in [0.1, 0.15) is 0 Å². The summed E-state index contributed by atoms with van der Waals surface area (Å²) in [6.45, 7) is 0.0579. The first-order valence-corrected chi connectivity index (χ1v) is 2.67. The van der Waals surface area contributed by atoms with Crippen LogP contribution in [0.2, 0.25) is 0 Å². The normalized spacial score (nSPS) is 8.90. The lowest BCUT2D eigenvalue weighted by molar-refractivity contribution is -0.648. The Bertz CT molecular complexity index is 147. The lowest BCUT2D eigenvalue weighted by Crippen LogP contribution is -2.29. The smallest absolute Gasteiger partial charge is 0.219 e. The highest BCUT2D eigenvalue weighted by Crippen LogP contribution is 1.84. The Morgan fingerprint density at radius 1 is 1.80 bits per heavy atom. The molecule has 0 aromatic heterocycles. The highest BCUT2D eigenvalue weighted by atomic mass is 16.7. The van der Waals surface area contributed by atoms with Gasteiger partial charge in [-0.05, 0) is 0 Å². The molecule has 0 aromatic rings. The maximum atomic E-state index is 10.1. The van der Waals surface area contributed by atoms with E-state index >= 15 is 0 Å². The summed E-state index contributed by atoms with van der Waals surface area (Å²) in [4.78, 5) is 20.0. The minimum Gasteiger partial charge on any atom is -0.370 e. The number of rotatable bonds is 4. The van der Waals surface area contributed by atoms with Gasteiger partial charge in [-0.2, -0.15) is 0 Å². The van der Waals surface area contributed by atoms with Crippen molar-refractivity contribution in [2.45, 2.75) is 6.42 Å². The lowest BCUT2D eigenvalue weighted by atomic mass is 10.4. The topological polar surface area (TPSA) is 89.5 Å². The first-order valence-electron chi connectivity index (χ1n) is 2.67. The van der Waals surface area contributed by atoms with Gasteiger partial charge in [0, 0.05) is 6.42 Å². The Kier molecular flexibility index (Phi) is 3.16. The molecule has 0 aliphatic carbocycles. The standard InChI is InChI=1S/C4H9N3O3/c1-6(7(9)10)3-2-4(5)8/h2-3H2,1H3,(H2,5,8). The molecule has 0 aliphatic heterocycles. The molecule has 1 amide bonds. The van der Waals surface area contributed by atoms with E-state index in [1.807, 2.05) is 0 Å². The van der Waals surface area contributed by atoms with Crippen LogP contribution in [0.15, 0.2) is 0 Å². The molecule has 0 spiro atoms. The minimum absolute atomic E-state index is 0.0114. The van der Waals surface area contributed by atoms with Crippen LogP contribution in [0.25, 0.3) is 0 Å². The molecular weight excluding hydrogens is 138 g/mol. The summed E-state index contributed by atoms with van der Waals surface area (Å²) in [7, 11) is 1.28. The molecule has 2 N–H and O–H groups in total. The molecule has 0 rings (SSSR count). The van der Waals surface area contributed by atoms with Crippen LogP contribution in [0.4, 0.5) is 0 Å². The van der Waals surface area contributed by atoms with Crippen molar-refractivity contribution in [3.63, 3.8) is 0 Å². The SMILES string of the molecule is CN(CCC(N)=O)[N+](=O)[O-]. The zero-order valence-electron chi connectivity index (χ0n) is 5.61. The molecule has 0 radical (unpaired) electrons. The molecule has 0 atom stereocenters. The lowest BCUT2D eigenvalue weighted by Gasteiger charge is -2.04. The Hall–Kier alpha value is -1.33. The third kappa shape index (κ3) is 3.65. The number of hydrazine groups is 1. The number of hydrogen-bond donors (Lipinski definition) is 1. The number of amides is 1. The fourth-order valence-electron chi connectivity index (χ4n) is 0.354. The maximum absolute atomic E-state index is 10.1. The second kappa shape index (κ2) is 3.65. The largest absolute Gasteiger partial charge is 0.370 e. The van der Waals surface area contributed by atoms with Gasteiger partial charge in [-0.15, -0.1) is 5.01 Å². The Morgan fingerprint density at radius 2 is 2.30 bits per heavy atom. The molecule has 0 fully saturated rings. The number of nitro groups is 1. The zero-order chi connectivity index (χ0) is 8.15. The van der Waals surface area contributed by atoms with Crippen LogP contribution in [0, 0.1) is 10.1 Å². The molecule has 0 aliphatic rings. The molecule has 0 saturated carbocycles. The molecule has 58 valence electrons. The van der Waals surface area contributed by atoms with E-state index in [1.165, 1.54) is 7.05 Å². The number of hydrogen-bond acceptors (Lipinski definition) is 3. The van der Waals surface area contributed by atoms with Crippen molar-refractivity contribution < 1.29 is 9.83 Å². The molecular formula is C4H9N3O3. The van der Waals surface area contributed by atoms with E-state index in [2.05, 4.69) is 0 Å². The summed E-state index contributed by atoms with van der Waals surface area (Å²) in [5.41, 5.74) is 4.75. The maximum Gasteiger partial charge on any atom is 0.219 e. The summed E-state index contributed by atoms with van der Waals surface area (Å²) in [6, 6.07) is 0. The zero-order valence-corrected chi connectivity index (χ0v) is 5.61. The van der Waals surface area contributed by atoms with E-state index in [-0.39, 0.29) is 13.0 Å². The summed E-state index contributed by atoms with van der Waals surface area (Å²) in [6.07, 6.45) is 0.0114. The minimum atomic E-state index is -0.594. The molecule has 0 unspecified atom stereocenters. The van der Waals surface area contributed by atoms with Crippen molar-refractivity contribution in [1.82, 2.24) is 5.01 Å². The molecule has 6 nitrogen and oxygen atoms in total. The number of nitrogens with zero attached hydrogens (tertiary/aromatic N) is 2. The van der Waals surface area contributed by atoms with E-state index in [9.17, 15) is 14.9 Å². The van der Waals surface area contributed by atoms with Gasteiger partial charge >= 0.3 is 0 Å². The van der Waals surface area contributed by atoms with Gasteiger partial charge in [-0.1, -0.05) is 0 Å². The van der Waals surface area contributed by atoms with Gasteiger partial charge in [-0.3, -0.25) is 4.79 Å². The summed E-state index contributed by atoms with van der Waals surface area (Å²) >= 11 is 0. The Balaban J connectivity index is 3.49. The van der Waals surface area contributed by atoms with Gasteiger partial charge in [-0.25, -0.2) is 10.1 Å². The number of carbonyl (C=O) groups is 1. The predicted molar refractivity (Wildman–Crippen MR) is 33.4 cm³/mol. The second-order valence-electron chi connectivity index (χ2n) is 1.84. The van der Waals surface area contributed by atoms with Crippen LogP contribution >= 0.6 is 0 Å². The highest BCUT2D eigenvalue weighted by Gasteiger charge is 2.06. The Labute approximate surface area is 57.7 Å². The quantitative estimate of drug-likeness (QED) is 0.407. The van der Waals surface area contributed by atoms with Crippen LogP contribution in [0.1, 0.15) is 6.42 Å². The number of primary amides is 1. The second-order valence-corrected chi connectivity index (χ2v) is 1.84. The first-order chi connectivity index (χ1) is 4.54. The third-order valence-electron chi connectivity index (χ3n) is 0.961. The van der Waals surface area contributed by atoms with E-state index in [0.717, 1.165) is 5.01 Å². The van der Waals surface area contributed by atoms with Crippen LogP contribution in [0.5, 0.6) is 0 Å². The van der Waals surface area contributed by atoms with E-state index in [1.54, 1.807) is 0 Å². The van der Waals surface area contributed by atoms with Gasteiger partial charge in [0.05, 0.1) is 13.6 Å². The van der Waals surface area contributed by atoms with Gasteiger partial charge in [0.2, 0.25) is 5.91 Å². The van der Waals surface area contributed by atoms with Crippen molar-refractivity contribution >= 4 is 5.91 Å². The van der Waals surface area contributed by atoms with Crippen molar-refractivity contribution in [3.05, 3.63) is 10.1 Å². The van der Waals surface area contributed by atoms with Gasteiger partial charge in [0.25, 0.3) is 0 Å². The van der Waals surface area contributed by atoms with Gasteiger partial charge in [0.15, 0.2) is 5.03 Å². The van der Waals surface area contributed by atoms with Crippen molar-refractivity contribution in [3.8, 4) is 0 Å². The van der Waals surface area contributed by atoms with Crippen LogP contribution < -0.4 is 5.73 Å². The summed E-state index contributed by atoms with van der Waals surface area (Å²) in [5, 5.41) is 10.1. The van der Waals surface area contributed by atoms with Crippen molar-refractivity contribution in [2.24, 2.45) is 5.73 Å². The summed E-state index contributed by atoms with van der Waals surface area (Å²) in [5.74, 6) is -0.534. The fourth-order valence-corrected chi connectivity index (χ4v) is 0.354. The van der Waals surface area contributed by atoms with E-state index < -0.39 is 10.9 Å². The predicted octanol–water partition coefficient (Wildman–Crippen LogP) is -1.01. The van der Waals surface area contributed by atoms with Crippen LogP contribution in [0.3, 0.4) is 0 Å². The molecule has 0 saturated heterocycles. The Morgan fingerprint density at radius 3 is 2.60 bits per heavy atom. The molecule has 0 bridgehead atoms. The molecule has 6 heteroatoms. The van der Waals surface area contributed by atoms with Crippen molar-refractivity contribution in [1.29, 1.82) is 0 Å². The average Bonchev–Trinajstić information content (AvgIpc) is 1.82. The van der Waals surface area contributed by atoms with Gasteiger partial charge < -0.3 is 5.73 Å². The van der Waals surface area contributed by atoms with Crippen LogP contribution in [-0.2, 0) is 4.79 Å².